The first-order chi connectivity index (χ1) is 5.43. The van der Waals surface area contributed by atoms with Crippen molar-refractivity contribution >= 4 is 0 Å². The lowest BCUT2D eigenvalue weighted by Crippen LogP contribution is -2.25. The fourth-order valence-electron chi connectivity index (χ4n) is 1.19. The van der Waals surface area contributed by atoms with Crippen molar-refractivity contribution in [3.63, 3.8) is 0 Å². The summed E-state index contributed by atoms with van der Waals surface area (Å²) in [6, 6.07) is 1.84. The van der Waals surface area contributed by atoms with Gasteiger partial charge in [-0.2, -0.15) is 5.10 Å². The molecule has 1 rings (SSSR count). The zero-order valence-electron chi connectivity index (χ0n) is 8.07. The van der Waals surface area contributed by atoms with E-state index in [4.69, 9.17) is 0 Å². The van der Waals surface area contributed by atoms with Crippen molar-refractivity contribution in [1.29, 1.82) is 0 Å². The van der Waals surface area contributed by atoms with Gasteiger partial charge in [-0.05, 0) is 33.8 Å². The van der Waals surface area contributed by atoms with Crippen LogP contribution in [0, 0.1) is 0 Å². The SMILES string of the molecule is CC(O)c1ccnn1C(C)(C)C. The van der Waals surface area contributed by atoms with Gasteiger partial charge in [-0.15, -0.1) is 0 Å². The van der Waals surface area contributed by atoms with E-state index in [-0.39, 0.29) is 5.54 Å². The molecular formula is C9H16N2O. The zero-order chi connectivity index (χ0) is 9.35. The second-order valence-electron chi connectivity index (χ2n) is 4.01. The third kappa shape index (κ3) is 1.67. The van der Waals surface area contributed by atoms with Gasteiger partial charge in [0.25, 0.3) is 0 Å². The van der Waals surface area contributed by atoms with Crippen LogP contribution in [0.1, 0.15) is 39.5 Å². The van der Waals surface area contributed by atoms with E-state index >= 15 is 0 Å². The number of hydrogen-bond acceptors (Lipinski definition) is 2. The highest BCUT2D eigenvalue weighted by Gasteiger charge is 2.18. The molecule has 0 amide bonds. The third-order valence-electron chi connectivity index (χ3n) is 1.74. The van der Waals surface area contributed by atoms with E-state index in [1.807, 2.05) is 10.7 Å². The lowest BCUT2D eigenvalue weighted by atomic mass is 10.1. The number of aliphatic hydroxyl groups is 1. The van der Waals surface area contributed by atoms with Crippen molar-refractivity contribution in [2.24, 2.45) is 0 Å². The Labute approximate surface area is 73.0 Å². The topological polar surface area (TPSA) is 38.1 Å². The summed E-state index contributed by atoms with van der Waals surface area (Å²) in [6.07, 6.45) is 1.26. The van der Waals surface area contributed by atoms with Crippen LogP contribution in [0.4, 0.5) is 0 Å². The Hall–Kier alpha value is -0.830. The van der Waals surface area contributed by atoms with Crippen LogP contribution < -0.4 is 0 Å². The Morgan fingerprint density at radius 1 is 1.50 bits per heavy atom. The fraction of sp³-hybridized carbons (Fsp3) is 0.667. The molecule has 0 saturated carbocycles. The van der Waals surface area contributed by atoms with E-state index in [2.05, 4.69) is 25.9 Å². The van der Waals surface area contributed by atoms with Gasteiger partial charge in [0.05, 0.1) is 17.3 Å². The van der Waals surface area contributed by atoms with Crippen molar-refractivity contribution in [3.05, 3.63) is 18.0 Å². The van der Waals surface area contributed by atoms with Gasteiger partial charge in [-0.1, -0.05) is 0 Å². The molecule has 0 spiro atoms. The largest absolute Gasteiger partial charge is 0.387 e. The minimum Gasteiger partial charge on any atom is -0.387 e. The van der Waals surface area contributed by atoms with E-state index in [0.717, 1.165) is 5.69 Å². The molecule has 1 aromatic heterocycles. The van der Waals surface area contributed by atoms with E-state index < -0.39 is 6.10 Å². The number of hydrogen-bond donors (Lipinski definition) is 1. The summed E-state index contributed by atoms with van der Waals surface area (Å²) in [6.45, 7) is 7.93. The molecule has 1 atom stereocenters. The maximum absolute atomic E-state index is 9.40. The average Bonchev–Trinajstić information content (AvgIpc) is 2.30. The lowest BCUT2D eigenvalue weighted by molar-refractivity contribution is 0.175. The quantitative estimate of drug-likeness (QED) is 0.693. The van der Waals surface area contributed by atoms with Crippen LogP contribution in [0.2, 0.25) is 0 Å². The van der Waals surface area contributed by atoms with E-state index in [1.54, 1.807) is 13.1 Å². The molecule has 0 radical (unpaired) electrons. The first kappa shape index (κ1) is 9.26. The van der Waals surface area contributed by atoms with Crippen LogP contribution in [0.5, 0.6) is 0 Å². The van der Waals surface area contributed by atoms with Crippen LogP contribution >= 0.6 is 0 Å². The van der Waals surface area contributed by atoms with Gasteiger partial charge in [0.15, 0.2) is 0 Å². The van der Waals surface area contributed by atoms with Gasteiger partial charge in [-0.25, -0.2) is 0 Å². The maximum Gasteiger partial charge on any atom is 0.0928 e. The van der Waals surface area contributed by atoms with Crippen molar-refractivity contribution in [1.82, 2.24) is 9.78 Å². The Morgan fingerprint density at radius 3 is 2.42 bits per heavy atom. The smallest absolute Gasteiger partial charge is 0.0928 e. The van der Waals surface area contributed by atoms with Gasteiger partial charge in [-0.3, -0.25) is 4.68 Å². The molecule has 1 unspecified atom stereocenters. The summed E-state index contributed by atoms with van der Waals surface area (Å²) in [5, 5.41) is 13.6. The Morgan fingerprint density at radius 2 is 2.08 bits per heavy atom. The fourth-order valence-corrected chi connectivity index (χ4v) is 1.19. The van der Waals surface area contributed by atoms with Gasteiger partial charge in [0.1, 0.15) is 0 Å². The predicted octanol–water partition coefficient (Wildman–Crippen LogP) is 1.69. The molecule has 0 aliphatic heterocycles. The number of nitrogens with zero attached hydrogens (tertiary/aromatic N) is 2. The van der Waals surface area contributed by atoms with E-state index in [1.165, 1.54) is 0 Å². The molecule has 1 N–H and O–H groups in total. The molecule has 0 bridgehead atoms. The van der Waals surface area contributed by atoms with Crippen LogP contribution in [-0.2, 0) is 5.54 Å². The Bertz CT molecular complexity index is 258. The first-order valence-corrected chi connectivity index (χ1v) is 4.15. The van der Waals surface area contributed by atoms with Crippen molar-refractivity contribution in [3.8, 4) is 0 Å². The average molecular weight is 168 g/mol. The molecule has 12 heavy (non-hydrogen) atoms. The van der Waals surface area contributed by atoms with Crippen LogP contribution in [0.25, 0.3) is 0 Å². The molecule has 0 aliphatic rings. The minimum absolute atomic E-state index is 0.0597. The Balaban J connectivity index is 3.08. The number of rotatable bonds is 1. The summed E-state index contributed by atoms with van der Waals surface area (Å²) in [5.41, 5.74) is 0.804. The summed E-state index contributed by atoms with van der Waals surface area (Å²) in [7, 11) is 0. The van der Waals surface area contributed by atoms with Crippen molar-refractivity contribution < 1.29 is 5.11 Å². The van der Waals surface area contributed by atoms with Crippen LogP contribution in [0.15, 0.2) is 12.3 Å². The van der Waals surface area contributed by atoms with Gasteiger partial charge in [0.2, 0.25) is 0 Å². The minimum atomic E-state index is -0.452. The van der Waals surface area contributed by atoms with E-state index in [9.17, 15) is 5.11 Å². The molecule has 0 saturated heterocycles. The number of aromatic nitrogens is 2. The van der Waals surface area contributed by atoms with Crippen molar-refractivity contribution in [2.45, 2.75) is 39.3 Å². The molecule has 0 fully saturated rings. The van der Waals surface area contributed by atoms with E-state index in [0.29, 0.717) is 0 Å². The Kier molecular flexibility index (Phi) is 2.24. The molecule has 1 heterocycles. The predicted molar refractivity (Wildman–Crippen MR) is 47.9 cm³/mol. The summed E-state index contributed by atoms with van der Waals surface area (Å²) in [5.74, 6) is 0. The molecule has 1 aromatic rings. The van der Waals surface area contributed by atoms with Crippen LogP contribution in [-0.4, -0.2) is 14.9 Å². The summed E-state index contributed by atoms with van der Waals surface area (Å²) in [4.78, 5) is 0. The first-order valence-electron chi connectivity index (χ1n) is 4.15. The standard InChI is InChI=1S/C9H16N2O/c1-7(12)8-5-6-10-11(8)9(2,3)4/h5-7,12H,1-4H3. The molecular weight excluding hydrogens is 152 g/mol. The second kappa shape index (κ2) is 2.90. The highest BCUT2D eigenvalue weighted by Crippen LogP contribution is 2.19. The highest BCUT2D eigenvalue weighted by molar-refractivity contribution is 5.05. The molecule has 3 nitrogen and oxygen atoms in total. The monoisotopic (exact) mass is 168 g/mol. The lowest BCUT2D eigenvalue weighted by Gasteiger charge is -2.23. The number of aliphatic hydroxyl groups excluding tert-OH is 1. The van der Waals surface area contributed by atoms with Gasteiger partial charge in [0, 0.05) is 6.20 Å². The third-order valence-corrected chi connectivity index (χ3v) is 1.74. The maximum atomic E-state index is 9.40. The van der Waals surface area contributed by atoms with Gasteiger partial charge < -0.3 is 5.11 Å². The molecule has 68 valence electrons. The molecule has 0 aromatic carbocycles. The van der Waals surface area contributed by atoms with Gasteiger partial charge >= 0.3 is 0 Å². The molecule has 3 heteroatoms. The second-order valence-corrected chi connectivity index (χ2v) is 4.01. The molecule has 0 aliphatic carbocycles. The summed E-state index contributed by atoms with van der Waals surface area (Å²) >= 11 is 0. The van der Waals surface area contributed by atoms with Crippen LogP contribution in [0.3, 0.4) is 0 Å². The zero-order valence-corrected chi connectivity index (χ0v) is 8.07. The highest BCUT2D eigenvalue weighted by atomic mass is 16.3. The summed E-state index contributed by atoms with van der Waals surface area (Å²) < 4.78 is 1.84. The van der Waals surface area contributed by atoms with Crippen molar-refractivity contribution in [2.75, 3.05) is 0 Å². The normalized spacial score (nSPS) is 14.8.